The molecule has 0 spiro atoms. The van der Waals surface area contributed by atoms with Gasteiger partial charge >= 0.3 is 0 Å². The summed E-state index contributed by atoms with van der Waals surface area (Å²) >= 11 is 0. The molecule has 3 heterocycles. The number of halogens is 1. The van der Waals surface area contributed by atoms with Crippen LogP contribution in [0.1, 0.15) is 32.1 Å². The van der Waals surface area contributed by atoms with Crippen molar-refractivity contribution >= 4 is 11.3 Å². The van der Waals surface area contributed by atoms with Gasteiger partial charge in [0.15, 0.2) is 11.6 Å². The molecule has 0 bridgehead atoms. The number of fused-ring (bicyclic) bond motifs is 1. The third kappa shape index (κ3) is 4.19. The SMILES string of the molecule is N#CC[C@H]1CC[C@H](Nc2nc(-c3cnn4ccccc34)nc(OCCO)c2F)CC1. The molecule has 3 aromatic heterocycles. The van der Waals surface area contributed by atoms with Crippen LogP contribution in [0.5, 0.6) is 5.88 Å². The van der Waals surface area contributed by atoms with Crippen molar-refractivity contribution in [2.24, 2.45) is 5.92 Å². The van der Waals surface area contributed by atoms with Crippen LogP contribution in [0.4, 0.5) is 10.2 Å². The monoisotopic (exact) mass is 410 g/mol. The summed E-state index contributed by atoms with van der Waals surface area (Å²) in [4.78, 5) is 8.68. The Bertz CT molecular complexity index is 1060. The summed E-state index contributed by atoms with van der Waals surface area (Å²) in [5.74, 6) is -0.105. The van der Waals surface area contributed by atoms with Gasteiger partial charge in [-0.2, -0.15) is 19.7 Å². The van der Waals surface area contributed by atoms with Crippen LogP contribution in [0.25, 0.3) is 16.9 Å². The largest absolute Gasteiger partial charge is 0.473 e. The van der Waals surface area contributed by atoms with E-state index in [2.05, 4.69) is 26.5 Å². The first-order valence-corrected chi connectivity index (χ1v) is 10.1. The number of nitrogens with zero attached hydrogens (tertiary/aromatic N) is 5. The van der Waals surface area contributed by atoms with Gasteiger partial charge in [0.2, 0.25) is 5.82 Å². The van der Waals surface area contributed by atoms with E-state index in [1.54, 1.807) is 10.7 Å². The maximum Gasteiger partial charge on any atom is 0.256 e. The minimum atomic E-state index is -0.678. The zero-order chi connectivity index (χ0) is 20.9. The van der Waals surface area contributed by atoms with Crippen LogP contribution in [0.3, 0.4) is 0 Å². The highest BCUT2D eigenvalue weighted by Gasteiger charge is 2.25. The number of aliphatic hydroxyl groups is 1. The van der Waals surface area contributed by atoms with Crippen LogP contribution in [0.15, 0.2) is 30.6 Å². The first kappa shape index (κ1) is 20.0. The zero-order valence-electron chi connectivity index (χ0n) is 16.5. The molecule has 9 heteroatoms. The van der Waals surface area contributed by atoms with Crippen molar-refractivity contribution in [3.05, 3.63) is 36.4 Å². The van der Waals surface area contributed by atoms with Crippen LogP contribution in [-0.2, 0) is 0 Å². The van der Waals surface area contributed by atoms with Gasteiger partial charge in [0, 0.05) is 18.7 Å². The van der Waals surface area contributed by atoms with Crippen molar-refractivity contribution in [1.82, 2.24) is 19.6 Å². The fourth-order valence-electron chi connectivity index (χ4n) is 3.82. The van der Waals surface area contributed by atoms with E-state index in [0.717, 1.165) is 31.2 Å². The number of nitrogens with one attached hydrogen (secondary N) is 1. The van der Waals surface area contributed by atoms with Crippen molar-refractivity contribution in [3.8, 4) is 23.3 Å². The topological polar surface area (TPSA) is 108 Å². The summed E-state index contributed by atoms with van der Waals surface area (Å²) in [5.41, 5.74) is 1.45. The van der Waals surface area contributed by atoms with Gasteiger partial charge in [-0.15, -0.1) is 0 Å². The Balaban J connectivity index is 1.64. The summed E-state index contributed by atoms with van der Waals surface area (Å²) in [6.45, 7) is -0.317. The van der Waals surface area contributed by atoms with Crippen LogP contribution in [-0.4, -0.2) is 43.9 Å². The average Bonchev–Trinajstić information content (AvgIpc) is 3.20. The highest BCUT2D eigenvalue weighted by molar-refractivity contribution is 5.76. The van der Waals surface area contributed by atoms with Gasteiger partial charge in [-0.25, -0.2) is 9.50 Å². The smallest absolute Gasteiger partial charge is 0.256 e. The number of hydrogen-bond donors (Lipinski definition) is 2. The van der Waals surface area contributed by atoms with Gasteiger partial charge in [0.05, 0.1) is 30.0 Å². The van der Waals surface area contributed by atoms with Crippen molar-refractivity contribution < 1.29 is 14.2 Å². The Labute approximate surface area is 173 Å². The van der Waals surface area contributed by atoms with Gasteiger partial charge in [-0.1, -0.05) is 6.07 Å². The molecule has 0 aliphatic heterocycles. The molecule has 3 aromatic rings. The fourth-order valence-corrected chi connectivity index (χ4v) is 3.82. The Kier molecular flexibility index (Phi) is 6.05. The van der Waals surface area contributed by atoms with E-state index >= 15 is 4.39 Å². The molecule has 1 aliphatic rings. The highest BCUT2D eigenvalue weighted by Crippen LogP contribution is 2.32. The molecule has 4 rings (SSSR count). The molecular weight excluding hydrogens is 387 g/mol. The summed E-state index contributed by atoms with van der Waals surface area (Å²) < 4.78 is 22.1. The summed E-state index contributed by atoms with van der Waals surface area (Å²) in [7, 11) is 0. The maximum atomic E-state index is 15.0. The van der Waals surface area contributed by atoms with Crippen LogP contribution in [0, 0.1) is 23.1 Å². The Hall–Kier alpha value is -3.25. The van der Waals surface area contributed by atoms with Gasteiger partial charge in [-0.3, -0.25) is 0 Å². The molecule has 1 aliphatic carbocycles. The predicted octanol–water partition coefficient (Wildman–Crippen LogP) is 3.19. The number of ether oxygens (including phenoxy) is 1. The second-order valence-corrected chi connectivity index (χ2v) is 7.40. The molecule has 1 saturated carbocycles. The number of nitriles is 1. The fraction of sp³-hybridized carbons (Fsp3) is 0.429. The second kappa shape index (κ2) is 9.05. The van der Waals surface area contributed by atoms with E-state index in [1.807, 2.05) is 24.4 Å². The molecular formula is C21H23FN6O2. The lowest BCUT2D eigenvalue weighted by molar-refractivity contribution is 0.191. The van der Waals surface area contributed by atoms with Gasteiger partial charge in [-0.05, 0) is 43.7 Å². The highest BCUT2D eigenvalue weighted by atomic mass is 19.1. The lowest BCUT2D eigenvalue weighted by atomic mass is 9.84. The summed E-state index contributed by atoms with van der Waals surface area (Å²) in [6.07, 6.45) is 7.54. The molecule has 8 nitrogen and oxygen atoms in total. The molecule has 0 radical (unpaired) electrons. The number of anilines is 1. The van der Waals surface area contributed by atoms with Crippen molar-refractivity contribution in [2.45, 2.75) is 38.1 Å². The minimum Gasteiger partial charge on any atom is -0.473 e. The van der Waals surface area contributed by atoms with Crippen molar-refractivity contribution in [1.29, 1.82) is 5.26 Å². The molecule has 0 atom stereocenters. The number of rotatable bonds is 7. The predicted molar refractivity (Wildman–Crippen MR) is 108 cm³/mol. The first-order chi connectivity index (χ1) is 14.7. The van der Waals surface area contributed by atoms with Crippen LogP contribution < -0.4 is 10.1 Å². The molecule has 0 saturated heterocycles. The minimum absolute atomic E-state index is 0.0618. The first-order valence-electron chi connectivity index (χ1n) is 10.1. The molecule has 0 unspecified atom stereocenters. The van der Waals surface area contributed by atoms with E-state index in [4.69, 9.17) is 15.1 Å². The molecule has 1 fully saturated rings. The Morgan fingerprint density at radius 3 is 2.87 bits per heavy atom. The van der Waals surface area contributed by atoms with Gasteiger partial charge in [0.1, 0.15) is 6.61 Å². The van der Waals surface area contributed by atoms with Crippen molar-refractivity contribution in [3.63, 3.8) is 0 Å². The zero-order valence-corrected chi connectivity index (χ0v) is 16.5. The Morgan fingerprint density at radius 1 is 1.27 bits per heavy atom. The van der Waals surface area contributed by atoms with Crippen LogP contribution in [0.2, 0.25) is 0 Å². The van der Waals surface area contributed by atoms with E-state index < -0.39 is 5.82 Å². The molecule has 2 N–H and O–H groups in total. The standard InChI is InChI=1S/C21H23FN6O2/c22-18-20(25-15-6-4-14(5-7-15)8-9-23)26-19(27-21(18)30-12-11-29)16-13-24-28-10-2-1-3-17(16)28/h1-3,10,13-15,29H,4-8,11-12H2,(H,25,26,27)/t14-,15-. The van der Waals surface area contributed by atoms with E-state index in [1.165, 1.54) is 0 Å². The molecule has 0 amide bonds. The average molecular weight is 410 g/mol. The van der Waals surface area contributed by atoms with Crippen LogP contribution >= 0.6 is 0 Å². The third-order valence-electron chi connectivity index (χ3n) is 5.39. The van der Waals surface area contributed by atoms with E-state index in [9.17, 15) is 0 Å². The van der Waals surface area contributed by atoms with Crippen molar-refractivity contribution in [2.75, 3.05) is 18.5 Å². The second-order valence-electron chi connectivity index (χ2n) is 7.40. The van der Waals surface area contributed by atoms with Gasteiger partial charge < -0.3 is 15.2 Å². The molecule has 0 aromatic carbocycles. The lowest BCUT2D eigenvalue weighted by Gasteiger charge is -2.28. The normalized spacial score (nSPS) is 18.8. The number of aromatic nitrogens is 4. The maximum absolute atomic E-state index is 15.0. The summed E-state index contributed by atoms with van der Waals surface area (Å²) in [6, 6.07) is 7.92. The van der Waals surface area contributed by atoms with Gasteiger partial charge in [0.25, 0.3) is 5.88 Å². The number of aliphatic hydroxyl groups excluding tert-OH is 1. The Morgan fingerprint density at radius 2 is 2.10 bits per heavy atom. The number of hydrogen-bond acceptors (Lipinski definition) is 7. The lowest BCUT2D eigenvalue weighted by Crippen LogP contribution is -2.27. The third-order valence-corrected chi connectivity index (χ3v) is 5.39. The number of pyridine rings is 1. The molecule has 156 valence electrons. The summed E-state index contributed by atoms with van der Waals surface area (Å²) in [5, 5.41) is 25.4. The van der Waals surface area contributed by atoms with E-state index in [0.29, 0.717) is 23.7 Å². The van der Waals surface area contributed by atoms with E-state index in [-0.39, 0.29) is 31.0 Å². The molecule has 30 heavy (non-hydrogen) atoms. The quantitative estimate of drug-likeness (QED) is 0.616.